The van der Waals surface area contributed by atoms with Crippen molar-refractivity contribution in [2.45, 2.75) is 76.9 Å². The molecule has 11 heteroatoms. The van der Waals surface area contributed by atoms with E-state index in [1.54, 1.807) is 19.1 Å². The quantitative estimate of drug-likeness (QED) is 0.608. The fourth-order valence-corrected chi connectivity index (χ4v) is 5.53. The maximum atomic E-state index is 14.5. The highest BCUT2D eigenvalue weighted by Gasteiger charge is 2.49. The molecule has 1 aliphatic heterocycles. The minimum atomic E-state index is -4.67. The summed E-state index contributed by atoms with van der Waals surface area (Å²) in [7, 11) is -4.21. The van der Waals surface area contributed by atoms with Crippen LogP contribution in [0.5, 0.6) is 0 Å². The van der Waals surface area contributed by atoms with Gasteiger partial charge in [0.1, 0.15) is 12.2 Å². The number of carbonyl (C=O) groups is 1. The number of hydrogen-bond donors (Lipinski definition) is 1. The average Bonchev–Trinajstić information content (AvgIpc) is 3.08. The molecule has 2 heterocycles. The van der Waals surface area contributed by atoms with Gasteiger partial charge in [-0.05, 0) is 44.5 Å². The van der Waals surface area contributed by atoms with Gasteiger partial charge in [-0.15, -0.1) is 0 Å². The number of halogens is 4. The van der Waals surface area contributed by atoms with Gasteiger partial charge < -0.3 is 5.32 Å². The first-order valence-corrected chi connectivity index (χ1v) is 12.3. The van der Waals surface area contributed by atoms with Crippen LogP contribution in [0, 0.1) is 13.8 Å². The molecule has 0 saturated carbocycles. The minimum Gasteiger partial charge on any atom is -0.351 e. The number of pyridine rings is 1. The minimum absolute atomic E-state index is 0.0917. The zero-order valence-corrected chi connectivity index (χ0v) is 20.5. The molecule has 1 aromatic carbocycles. The Morgan fingerprint density at radius 3 is 2.32 bits per heavy atom. The molecule has 0 spiro atoms. The summed E-state index contributed by atoms with van der Waals surface area (Å²) in [5.74, 6) is -0.865. The van der Waals surface area contributed by atoms with Crippen LogP contribution in [-0.2, 0) is 27.5 Å². The van der Waals surface area contributed by atoms with Crippen LogP contribution in [0.2, 0.25) is 0 Å². The fraction of sp³-hybridized carbons (Fsp3) is 0.478. The number of sulfonamides is 1. The molecule has 3 unspecified atom stereocenters. The van der Waals surface area contributed by atoms with Crippen molar-refractivity contribution in [1.29, 1.82) is 0 Å². The van der Waals surface area contributed by atoms with Crippen LogP contribution in [0.4, 0.5) is 17.6 Å². The molecule has 0 radical (unpaired) electrons. The van der Waals surface area contributed by atoms with E-state index >= 15 is 0 Å². The largest absolute Gasteiger partial charge is 0.418 e. The molecule has 1 saturated heterocycles. The Labute approximate surface area is 197 Å². The molecular weight excluding hydrogens is 474 g/mol. The molecule has 3 rings (SSSR count). The van der Waals surface area contributed by atoms with Crippen molar-refractivity contribution < 1.29 is 30.8 Å². The molecule has 1 amide bonds. The van der Waals surface area contributed by atoms with E-state index in [2.05, 4.69) is 10.3 Å². The summed E-state index contributed by atoms with van der Waals surface area (Å²) in [5.41, 5.74) is -0.0712. The van der Waals surface area contributed by atoms with Gasteiger partial charge in [0.2, 0.25) is 15.9 Å². The van der Waals surface area contributed by atoms with Gasteiger partial charge in [-0.3, -0.25) is 9.78 Å². The van der Waals surface area contributed by atoms with Gasteiger partial charge in [-0.25, -0.2) is 12.8 Å². The Morgan fingerprint density at radius 2 is 1.76 bits per heavy atom. The molecule has 6 nitrogen and oxygen atoms in total. The zero-order chi connectivity index (χ0) is 25.8. The van der Waals surface area contributed by atoms with E-state index in [0.29, 0.717) is 11.9 Å². The summed E-state index contributed by atoms with van der Waals surface area (Å²) in [6.45, 7) is 8.14. The van der Waals surface area contributed by atoms with Crippen LogP contribution in [0.15, 0.2) is 41.4 Å². The molecule has 1 aliphatic rings. The number of hydrogen-bond acceptors (Lipinski definition) is 4. The number of carbonyl (C=O) groups excluding carboxylic acids is 1. The smallest absolute Gasteiger partial charge is 0.351 e. The van der Waals surface area contributed by atoms with Crippen molar-refractivity contribution in [2.75, 3.05) is 0 Å². The molecule has 34 heavy (non-hydrogen) atoms. The lowest BCUT2D eigenvalue weighted by atomic mass is 10.1. The van der Waals surface area contributed by atoms with Crippen molar-refractivity contribution >= 4 is 15.9 Å². The van der Waals surface area contributed by atoms with Crippen LogP contribution < -0.4 is 5.32 Å². The van der Waals surface area contributed by atoms with Gasteiger partial charge >= 0.3 is 6.18 Å². The Hall–Kier alpha value is -2.53. The Bertz CT molecular complexity index is 1110. The number of aryl methyl sites for hydroxylation is 2. The third-order valence-electron chi connectivity index (χ3n) is 5.46. The highest BCUT2D eigenvalue weighted by Crippen LogP contribution is 2.34. The number of rotatable bonds is 5. The number of nitrogens with zero attached hydrogens (tertiary/aromatic N) is 2. The first-order valence-electron chi connectivity index (χ1n) is 10.9. The van der Waals surface area contributed by atoms with Gasteiger partial charge in [-0.2, -0.15) is 17.5 Å². The summed E-state index contributed by atoms with van der Waals surface area (Å²) in [5, 5.41) is 2.34. The summed E-state index contributed by atoms with van der Waals surface area (Å²) in [4.78, 5) is 16.4. The Balaban J connectivity index is 0.00000199. The van der Waals surface area contributed by atoms with E-state index in [1.807, 2.05) is 13.8 Å². The zero-order valence-electron chi connectivity index (χ0n) is 19.6. The number of nitrogens with one attached hydrogen (secondary N) is 1. The van der Waals surface area contributed by atoms with Gasteiger partial charge in [0.25, 0.3) is 0 Å². The topological polar surface area (TPSA) is 79.4 Å². The molecule has 2 aromatic rings. The third-order valence-corrected chi connectivity index (χ3v) is 7.47. The summed E-state index contributed by atoms with van der Waals surface area (Å²) in [6.07, 6.45) is -5.98. The van der Waals surface area contributed by atoms with E-state index < -0.39 is 52.5 Å². The van der Waals surface area contributed by atoms with E-state index in [1.165, 1.54) is 32.0 Å². The lowest BCUT2D eigenvalue weighted by Gasteiger charge is -2.27. The van der Waals surface area contributed by atoms with Crippen LogP contribution in [0.1, 0.15) is 49.6 Å². The second-order valence-electron chi connectivity index (χ2n) is 7.85. The normalized spacial score (nSPS) is 21.0. The monoisotopic (exact) mass is 503 g/mol. The molecule has 1 aromatic heterocycles. The molecular formula is C23H29F4N3O3S. The van der Waals surface area contributed by atoms with Gasteiger partial charge in [0, 0.05) is 24.9 Å². The average molecular weight is 504 g/mol. The predicted octanol–water partition coefficient (Wildman–Crippen LogP) is 4.55. The number of amides is 1. The highest BCUT2D eigenvalue weighted by atomic mass is 32.2. The molecule has 0 aliphatic carbocycles. The molecule has 1 N–H and O–H groups in total. The third kappa shape index (κ3) is 5.93. The van der Waals surface area contributed by atoms with Gasteiger partial charge in [0.15, 0.2) is 0 Å². The first kappa shape index (κ1) is 27.7. The molecule has 0 bridgehead atoms. The van der Waals surface area contributed by atoms with E-state index in [9.17, 15) is 30.8 Å². The van der Waals surface area contributed by atoms with E-state index in [0.717, 1.165) is 9.87 Å². The van der Waals surface area contributed by atoms with Crippen molar-refractivity contribution in [3.05, 3.63) is 58.9 Å². The first-order chi connectivity index (χ1) is 15.8. The predicted molar refractivity (Wildman–Crippen MR) is 120 cm³/mol. The molecule has 1 fully saturated rings. The van der Waals surface area contributed by atoms with Crippen LogP contribution in [0.25, 0.3) is 0 Å². The van der Waals surface area contributed by atoms with Gasteiger partial charge in [-0.1, -0.05) is 31.5 Å². The standard InChI is InChI=1S/C21H23F4N3O3S.C2H6/c1-12-4-6-16(7-5-12)32(30,31)28-14(3)18(22)9-19(28)20(29)27-10-15-8-13(2)26-11-17(15)21(23,24)25;1-2/h4-8,11,14,18-19H,9-10H2,1-3H3,(H,27,29);1-2H3. The SMILES string of the molecule is CC.Cc1ccc(S(=O)(=O)N2C(C(=O)NCc3cc(C)ncc3C(F)(F)F)CC(F)C2C)cc1. The van der Waals surface area contributed by atoms with Crippen molar-refractivity contribution in [3.63, 3.8) is 0 Å². The van der Waals surface area contributed by atoms with Crippen LogP contribution in [-0.4, -0.2) is 41.9 Å². The Morgan fingerprint density at radius 1 is 1.18 bits per heavy atom. The maximum Gasteiger partial charge on any atom is 0.418 e. The summed E-state index contributed by atoms with van der Waals surface area (Å²) >= 11 is 0. The van der Waals surface area contributed by atoms with Crippen LogP contribution >= 0.6 is 0 Å². The maximum absolute atomic E-state index is 14.5. The van der Waals surface area contributed by atoms with E-state index in [-0.39, 0.29) is 16.9 Å². The second-order valence-corrected chi connectivity index (χ2v) is 9.70. The second kappa shape index (κ2) is 10.8. The number of aromatic nitrogens is 1. The van der Waals surface area contributed by atoms with E-state index in [4.69, 9.17) is 0 Å². The molecule has 3 atom stereocenters. The summed E-state index contributed by atoms with van der Waals surface area (Å²) < 4.78 is 81.3. The lowest BCUT2D eigenvalue weighted by molar-refractivity contribution is -0.138. The van der Waals surface area contributed by atoms with Crippen LogP contribution in [0.3, 0.4) is 0 Å². The van der Waals surface area contributed by atoms with Crippen molar-refractivity contribution in [3.8, 4) is 0 Å². The van der Waals surface area contributed by atoms with Gasteiger partial charge in [0.05, 0.1) is 16.5 Å². The lowest BCUT2D eigenvalue weighted by Crippen LogP contribution is -2.48. The highest BCUT2D eigenvalue weighted by molar-refractivity contribution is 7.89. The number of benzene rings is 1. The Kier molecular flexibility index (Phi) is 8.81. The molecule has 188 valence electrons. The fourth-order valence-electron chi connectivity index (χ4n) is 3.72. The van der Waals surface area contributed by atoms with Crippen molar-refractivity contribution in [1.82, 2.24) is 14.6 Å². The number of alkyl halides is 4. The van der Waals surface area contributed by atoms with Crippen molar-refractivity contribution in [2.24, 2.45) is 0 Å². The summed E-state index contributed by atoms with van der Waals surface area (Å²) in [6, 6.07) is 4.61.